The summed E-state index contributed by atoms with van der Waals surface area (Å²) in [5.41, 5.74) is 1.15. The molecule has 5 nitrogen and oxygen atoms in total. The van der Waals surface area contributed by atoms with Crippen LogP contribution in [0, 0.1) is 6.92 Å². The number of hydrogen-bond donors (Lipinski definition) is 1. The van der Waals surface area contributed by atoms with Gasteiger partial charge in [0.2, 0.25) is 5.91 Å². The molecule has 2 rings (SSSR count). The lowest BCUT2D eigenvalue weighted by Crippen LogP contribution is -2.47. The molecule has 0 atom stereocenters. The Morgan fingerprint density at radius 2 is 1.96 bits per heavy atom. The van der Waals surface area contributed by atoms with Gasteiger partial charge in [-0.2, -0.15) is 0 Å². The van der Waals surface area contributed by atoms with E-state index in [-0.39, 0.29) is 18.3 Å². The molecular weight excluding hydrogens is 314 g/mol. The third-order valence-electron chi connectivity index (χ3n) is 4.00. The van der Waals surface area contributed by atoms with Crippen LogP contribution in [0.1, 0.15) is 12.0 Å². The Morgan fingerprint density at radius 1 is 1.26 bits per heavy atom. The average molecular weight is 342 g/mol. The number of carbonyl (C=O) groups excluding carboxylic acids is 1. The molecule has 0 saturated carbocycles. The molecule has 1 saturated heterocycles. The van der Waals surface area contributed by atoms with Crippen molar-refractivity contribution < 1.29 is 9.53 Å². The van der Waals surface area contributed by atoms with Gasteiger partial charge in [-0.3, -0.25) is 4.79 Å². The van der Waals surface area contributed by atoms with E-state index in [4.69, 9.17) is 4.74 Å². The molecule has 0 radical (unpaired) electrons. The molecule has 1 aromatic carbocycles. The number of aryl methyl sites for hydroxylation is 1. The lowest BCUT2D eigenvalue weighted by molar-refractivity contribution is -0.132. The molecule has 1 amide bonds. The SMILES string of the molecule is Cc1ccccc1OCCN(C)CCC(=O)N1CCNCC1.Cl. The highest BCUT2D eigenvalue weighted by Crippen LogP contribution is 2.15. The molecule has 6 heteroatoms. The van der Waals surface area contributed by atoms with Gasteiger partial charge >= 0.3 is 0 Å². The number of likely N-dealkylation sites (N-methyl/N-ethyl adjacent to an activating group) is 1. The van der Waals surface area contributed by atoms with Crippen LogP contribution in [0.15, 0.2) is 24.3 Å². The van der Waals surface area contributed by atoms with Gasteiger partial charge in [0.1, 0.15) is 12.4 Å². The lowest BCUT2D eigenvalue weighted by Gasteiger charge is -2.28. The number of para-hydroxylation sites is 1. The second-order valence-corrected chi connectivity index (χ2v) is 5.80. The van der Waals surface area contributed by atoms with E-state index in [1.807, 2.05) is 43.1 Å². The number of amides is 1. The maximum Gasteiger partial charge on any atom is 0.223 e. The van der Waals surface area contributed by atoms with Gasteiger partial charge in [-0.1, -0.05) is 18.2 Å². The summed E-state index contributed by atoms with van der Waals surface area (Å²) in [6.45, 7) is 7.77. The summed E-state index contributed by atoms with van der Waals surface area (Å²) >= 11 is 0. The van der Waals surface area contributed by atoms with Crippen molar-refractivity contribution in [3.05, 3.63) is 29.8 Å². The van der Waals surface area contributed by atoms with E-state index < -0.39 is 0 Å². The zero-order valence-electron chi connectivity index (χ0n) is 14.1. The van der Waals surface area contributed by atoms with E-state index in [1.165, 1.54) is 0 Å². The van der Waals surface area contributed by atoms with E-state index in [0.717, 1.165) is 50.6 Å². The highest BCUT2D eigenvalue weighted by atomic mass is 35.5. The van der Waals surface area contributed by atoms with Gasteiger partial charge in [-0.25, -0.2) is 0 Å². The summed E-state index contributed by atoms with van der Waals surface area (Å²) in [6.07, 6.45) is 0.584. The van der Waals surface area contributed by atoms with Gasteiger partial charge in [0, 0.05) is 45.7 Å². The van der Waals surface area contributed by atoms with Crippen molar-refractivity contribution in [2.24, 2.45) is 0 Å². The van der Waals surface area contributed by atoms with Gasteiger partial charge in [0.15, 0.2) is 0 Å². The fraction of sp³-hybridized carbons (Fsp3) is 0.588. The first-order valence-corrected chi connectivity index (χ1v) is 8.02. The third-order valence-corrected chi connectivity index (χ3v) is 4.00. The molecule has 1 aliphatic rings. The molecule has 0 aromatic heterocycles. The summed E-state index contributed by atoms with van der Waals surface area (Å²) in [5.74, 6) is 1.20. The summed E-state index contributed by atoms with van der Waals surface area (Å²) in [4.78, 5) is 16.2. The summed E-state index contributed by atoms with van der Waals surface area (Å²) in [7, 11) is 2.03. The molecule has 23 heavy (non-hydrogen) atoms. The van der Waals surface area contributed by atoms with Crippen molar-refractivity contribution in [3.8, 4) is 5.75 Å². The van der Waals surface area contributed by atoms with Crippen LogP contribution in [-0.2, 0) is 4.79 Å². The van der Waals surface area contributed by atoms with E-state index in [1.54, 1.807) is 0 Å². The fourth-order valence-corrected chi connectivity index (χ4v) is 2.50. The standard InChI is InChI=1S/C17H27N3O2.ClH/c1-15-5-3-4-6-16(15)22-14-13-19(2)10-7-17(21)20-11-8-18-9-12-20;/h3-6,18H,7-14H2,1-2H3;1H. The monoisotopic (exact) mass is 341 g/mol. The van der Waals surface area contributed by atoms with Crippen LogP contribution < -0.4 is 10.1 Å². The first-order valence-electron chi connectivity index (χ1n) is 8.02. The Balaban J connectivity index is 0.00000264. The van der Waals surface area contributed by atoms with Crippen molar-refractivity contribution in [1.82, 2.24) is 15.1 Å². The summed E-state index contributed by atoms with van der Waals surface area (Å²) in [6, 6.07) is 8.03. The number of hydrogen-bond acceptors (Lipinski definition) is 4. The highest BCUT2D eigenvalue weighted by molar-refractivity contribution is 5.85. The Hall–Kier alpha value is -1.30. The maximum absolute atomic E-state index is 12.1. The highest BCUT2D eigenvalue weighted by Gasteiger charge is 2.16. The number of nitrogens with zero attached hydrogens (tertiary/aromatic N) is 2. The number of halogens is 1. The number of benzene rings is 1. The Kier molecular flexibility index (Phi) is 8.99. The number of piperazine rings is 1. The smallest absolute Gasteiger partial charge is 0.223 e. The van der Waals surface area contributed by atoms with Crippen molar-refractivity contribution in [2.75, 3.05) is 52.9 Å². The van der Waals surface area contributed by atoms with Gasteiger partial charge in [-0.15, -0.1) is 12.4 Å². The minimum absolute atomic E-state index is 0. The van der Waals surface area contributed by atoms with Gasteiger partial charge in [-0.05, 0) is 25.6 Å². The Labute approximate surface area is 145 Å². The second-order valence-electron chi connectivity index (χ2n) is 5.80. The Morgan fingerprint density at radius 3 is 2.65 bits per heavy atom. The molecular formula is C17H28ClN3O2. The van der Waals surface area contributed by atoms with Crippen LogP contribution in [0.4, 0.5) is 0 Å². The molecule has 130 valence electrons. The minimum Gasteiger partial charge on any atom is -0.492 e. The maximum atomic E-state index is 12.1. The van der Waals surface area contributed by atoms with Crippen LogP contribution >= 0.6 is 12.4 Å². The zero-order valence-corrected chi connectivity index (χ0v) is 14.9. The van der Waals surface area contributed by atoms with E-state index >= 15 is 0 Å². The van der Waals surface area contributed by atoms with Crippen molar-refractivity contribution >= 4 is 18.3 Å². The number of carbonyl (C=O) groups is 1. The quantitative estimate of drug-likeness (QED) is 0.817. The molecule has 0 bridgehead atoms. The minimum atomic E-state index is 0. The van der Waals surface area contributed by atoms with Gasteiger partial charge in [0.25, 0.3) is 0 Å². The number of ether oxygens (including phenoxy) is 1. The molecule has 0 aliphatic carbocycles. The van der Waals surface area contributed by atoms with Crippen molar-refractivity contribution in [3.63, 3.8) is 0 Å². The average Bonchev–Trinajstić information content (AvgIpc) is 2.55. The number of nitrogens with one attached hydrogen (secondary N) is 1. The van der Waals surface area contributed by atoms with Crippen LogP contribution in [0.2, 0.25) is 0 Å². The van der Waals surface area contributed by atoms with Crippen molar-refractivity contribution in [1.29, 1.82) is 0 Å². The zero-order chi connectivity index (χ0) is 15.8. The molecule has 0 unspecified atom stereocenters. The first kappa shape index (κ1) is 19.7. The molecule has 1 heterocycles. The summed E-state index contributed by atoms with van der Waals surface area (Å²) < 4.78 is 5.79. The molecule has 1 aromatic rings. The normalized spacial score (nSPS) is 14.5. The van der Waals surface area contributed by atoms with E-state index in [9.17, 15) is 4.79 Å². The largest absolute Gasteiger partial charge is 0.492 e. The second kappa shape index (κ2) is 10.5. The first-order chi connectivity index (χ1) is 10.7. The van der Waals surface area contributed by atoms with E-state index in [2.05, 4.69) is 10.2 Å². The van der Waals surface area contributed by atoms with Crippen LogP contribution in [0.5, 0.6) is 5.75 Å². The predicted molar refractivity (Wildman–Crippen MR) is 95.5 cm³/mol. The predicted octanol–water partition coefficient (Wildman–Crippen LogP) is 1.55. The lowest BCUT2D eigenvalue weighted by atomic mass is 10.2. The van der Waals surface area contributed by atoms with E-state index in [0.29, 0.717) is 13.0 Å². The molecule has 1 fully saturated rings. The topological polar surface area (TPSA) is 44.8 Å². The molecule has 0 spiro atoms. The van der Waals surface area contributed by atoms with Gasteiger partial charge in [0.05, 0.1) is 0 Å². The van der Waals surface area contributed by atoms with Crippen molar-refractivity contribution in [2.45, 2.75) is 13.3 Å². The van der Waals surface area contributed by atoms with Crippen LogP contribution in [0.3, 0.4) is 0 Å². The van der Waals surface area contributed by atoms with Crippen LogP contribution in [0.25, 0.3) is 0 Å². The number of rotatable bonds is 7. The summed E-state index contributed by atoms with van der Waals surface area (Å²) in [5, 5.41) is 3.26. The third kappa shape index (κ3) is 6.77. The fourth-order valence-electron chi connectivity index (χ4n) is 2.50. The van der Waals surface area contributed by atoms with Gasteiger partial charge < -0.3 is 19.9 Å². The van der Waals surface area contributed by atoms with Crippen LogP contribution in [-0.4, -0.2) is 68.6 Å². The molecule has 1 aliphatic heterocycles. The molecule has 1 N–H and O–H groups in total. The Bertz CT molecular complexity index is 479.